The summed E-state index contributed by atoms with van der Waals surface area (Å²) in [5.41, 5.74) is 2.16. The van der Waals surface area contributed by atoms with Crippen LogP contribution in [0.2, 0.25) is 0 Å². The Balaban J connectivity index is 1.52. The lowest BCUT2D eigenvalue weighted by atomic mass is 10.3. The van der Waals surface area contributed by atoms with Crippen molar-refractivity contribution in [3.63, 3.8) is 0 Å². The average molecular weight is 417 g/mol. The highest BCUT2D eigenvalue weighted by Gasteiger charge is 2.23. The van der Waals surface area contributed by atoms with E-state index in [1.807, 2.05) is 19.1 Å². The summed E-state index contributed by atoms with van der Waals surface area (Å²) in [6, 6.07) is 7.35. The summed E-state index contributed by atoms with van der Waals surface area (Å²) < 4.78 is 29.1. The minimum Gasteiger partial charge on any atom is -0.367 e. The maximum absolute atomic E-state index is 12.5. The largest absolute Gasteiger partial charge is 0.367 e. The van der Waals surface area contributed by atoms with Gasteiger partial charge in [-0.3, -0.25) is 4.68 Å². The number of nitrogens with zero attached hydrogens (tertiary/aromatic N) is 5. The van der Waals surface area contributed by atoms with Crippen molar-refractivity contribution in [1.29, 1.82) is 0 Å². The van der Waals surface area contributed by atoms with Crippen molar-refractivity contribution in [2.24, 2.45) is 7.05 Å². The number of aromatic nitrogens is 5. The molecular formula is C18H24N8O2S. The zero-order valence-corrected chi connectivity index (χ0v) is 17.6. The van der Waals surface area contributed by atoms with Crippen LogP contribution in [0.1, 0.15) is 17.0 Å². The fourth-order valence-electron chi connectivity index (χ4n) is 2.82. The first-order valence-electron chi connectivity index (χ1n) is 9.03. The van der Waals surface area contributed by atoms with E-state index in [1.165, 1.54) is 0 Å². The molecule has 0 saturated carbocycles. The van der Waals surface area contributed by atoms with E-state index >= 15 is 0 Å². The second-order valence-corrected chi connectivity index (χ2v) is 8.30. The predicted molar refractivity (Wildman–Crippen MR) is 111 cm³/mol. The fourth-order valence-corrected chi connectivity index (χ4v) is 4.29. The first kappa shape index (κ1) is 20.7. The summed E-state index contributed by atoms with van der Waals surface area (Å²) in [7, 11) is -1.91. The molecular weight excluding hydrogens is 392 g/mol. The van der Waals surface area contributed by atoms with Crippen LogP contribution in [0, 0.1) is 20.8 Å². The lowest BCUT2D eigenvalue weighted by molar-refractivity contribution is 0.581. The van der Waals surface area contributed by atoms with Crippen LogP contribution in [0.25, 0.3) is 0 Å². The molecule has 0 unspecified atom stereocenters. The molecule has 0 radical (unpaired) electrons. The van der Waals surface area contributed by atoms with Gasteiger partial charge in [-0.15, -0.1) is 10.2 Å². The third kappa shape index (κ3) is 5.06. The Bertz CT molecular complexity index is 1090. The van der Waals surface area contributed by atoms with E-state index in [1.54, 1.807) is 43.9 Å². The van der Waals surface area contributed by atoms with Crippen LogP contribution >= 0.6 is 0 Å². The molecule has 0 fully saturated rings. The summed E-state index contributed by atoms with van der Waals surface area (Å²) in [4.78, 5) is 4.44. The minimum atomic E-state index is -3.63. The second-order valence-electron chi connectivity index (χ2n) is 6.60. The SMILES string of the molecule is Cc1ccnc(Nc2ccc(NCCNS(=O)(=O)c3c(C)nn(C)c3C)nn2)c1. The molecule has 0 aliphatic carbocycles. The number of nitrogens with one attached hydrogen (secondary N) is 3. The van der Waals surface area contributed by atoms with Crippen LogP contribution in [0.15, 0.2) is 35.4 Å². The molecule has 0 bridgehead atoms. The standard InChI is InChI=1S/C18H24N8O2S/c1-12-7-8-19-17(11-12)22-16-6-5-15(23-24-16)20-9-10-21-29(27,28)18-13(2)25-26(4)14(18)3/h5-8,11,21H,9-10H2,1-4H3,(H,20,23)(H,19,22,24). The Labute approximate surface area is 169 Å². The summed E-state index contributed by atoms with van der Waals surface area (Å²) in [6.45, 7) is 5.95. The van der Waals surface area contributed by atoms with E-state index < -0.39 is 10.0 Å². The summed E-state index contributed by atoms with van der Waals surface area (Å²) in [5.74, 6) is 1.80. The molecule has 0 saturated heterocycles. The first-order chi connectivity index (χ1) is 13.8. The fraction of sp³-hybridized carbons (Fsp3) is 0.333. The normalized spacial score (nSPS) is 11.4. The zero-order valence-electron chi connectivity index (χ0n) is 16.8. The Morgan fingerprint density at radius 1 is 1.00 bits per heavy atom. The highest BCUT2D eigenvalue weighted by Crippen LogP contribution is 2.18. The molecule has 3 heterocycles. The maximum Gasteiger partial charge on any atom is 0.244 e. The van der Waals surface area contributed by atoms with Gasteiger partial charge in [-0.2, -0.15) is 5.10 Å². The molecule has 29 heavy (non-hydrogen) atoms. The van der Waals surface area contributed by atoms with Crippen molar-refractivity contribution < 1.29 is 8.42 Å². The third-order valence-electron chi connectivity index (χ3n) is 4.27. The summed E-state index contributed by atoms with van der Waals surface area (Å²) >= 11 is 0. The molecule has 0 aromatic carbocycles. The molecule has 11 heteroatoms. The van der Waals surface area contributed by atoms with Crippen LogP contribution in [0.5, 0.6) is 0 Å². The monoisotopic (exact) mass is 416 g/mol. The van der Waals surface area contributed by atoms with E-state index in [9.17, 15) is 8.42 Å². The minimum absolute atomic E-state index is 0.199. The van der Waals surface area contributed by atoms with Gasteiger partial charge in [0.25, 0.3) is 0 Å². The average Bonchev–Trinajstić information content (AvgIpc) is 2.92. The summed E-state index contributed by atoms with van der Waals surface area (Å²) in [6.07, 6.45) is 1.72. The Morgan fingerprint density at radius 3 is 2.34 bits per heavy atom. The molecule has 3 rings (SSSR count). The lowest BCUT2D eigenvalue weighted by Crippen LogP contribution is -2.29. The van der Waals surface area contributed by atoms with Crippen molar-refractivity contribution in [2.75, 3.05) is 23.7 Å². The molecule has 3 N–H and O–H groups in total. The van der Waals surface area contributed by atoms with Gasteiger partial charge in [-0.25, -0.2) is 18.1 Å². The maximum atomic E-state index is 12.5. The molecule has 154 valence electrons. The van der Waals surface area contributed by atoms with Crippen LogP contribution in [0.3, 0.4) is 0 Å². The van der Waals surface area contributed by atoms with Crippen LogP contribution < -0.4 is 15.4 Å². The number of pyridine rings is 1. The van der Waals surface area contributed by atoms with E-state index in [-0.39, 0.29) is 11.4 Å². The van der Waals surface area contributed by atoms with Gasteiger partial charge in [0, 0.05) is 26.3 Å². The molecule has 0 aliphatic rings. The highest BCUT2D eigenvalue weighted by atomic mass is 32.2. The number of anilines is 3. The van der Waals surface area contributed by atoms with E-state index in [0.717, 1.165) is 5.56 Å². The number of aryl methyl sites for hydroxylation is 3. The van der Waals surface area contributed by atoms with Crippen molar-refractivity contribution in [1.82, 2.24) is 29.7 Å². The predicted octanol–water partition coefficient (Wildman–Crippen LogP) is 1.66. The zero-order chi connectivity index (χ0) is 21.0. The van der Waals surface area contributed by atoms with E-state index in [4.69, 9.17) is 0 Å². The van der Waals surface area contributed by atoms with Crippen LogP contribution in [-0.2, 0) is 17.1 Å². The van der Waals surface area contributed by atoms with Crippen molar-refractivity contribution in [3.8, 4) is 0 Å². The number of hydrogen-bond acceptors (Lipinski definition) is 8. The van der Waals surface area contributed by atoms with Crippen LogP contribution in [0.4, 0.5) is 17.5 Å². The highest BCUT2D eigenvalue weighted by molar-refractivity contribution is 7.89. The Kier molecular flexibility index (Phi) is 6.09. The molecule has 0 aliphatic heterocycles. The topological polar surface area (TPSA) is 127 Å². The van der Waals surface area contributed by atoms with Gasteiger partial charge < -0.3 is 10.6 Å². The lowest BCUT2D eigenvalue weighted by Gasteiger charge is -2.09. The van der Waals surface area contributed by atoms with E-state index in [2.05, 4.69) is 35.6 Å². The molecule has 0 amide bonds. The van der Waals surface area contributed by atoms with Crippen molar-refractivity contribution in [2.45, 2.75) is 25.7 Å². The Morgan fingerprint density at radius 2 is 1.72 bits per heavy atom. The van der Waals surface area contributed by atoms with Gasteiger partial charge in [0.15, 0.2) is 5.82 Å². The van der Waals surface area contributed by atoms with E-state index in [0.29, 0.717) is 35.4 Å². The molecule has 0 atom stereocenters. The Hall–Kier alpha value is -3.05. The van der Waals surface area contributed by atoms with Crippen molar-refractivity contribution >= 4 is 27.5 Å². The number of rotatable bonds is 8. The third-order valence-corrected chi connectivity index (χ3v) is 5.98. The van der Waals surface area contributed by atoms with Crippen LogP contribution in [-0.4, -0.2) is 46.5 Å². The second kappa shape index (κ2) is 8.53. The molecule has 3 aromatic rings. The molecule has 10 nitrogen and oxygen atoms in total. The van der Waals surface area contributed by atoms with Gasteiger partial charge in [0.1, 0.15) is 16.5 Å². The number of sulfonamides is 1. The first-order valence-corrected chi connectivity index (χ1v) is 10.5. The smallest absolute Gasteiger partial charge is 0.244 e. The molecule has 0 spiro atoms. The molecule has 3 aromatic heterocycles. The van der Waals surface area contributed by atoms with Gasteiger partial charge in [-0.05, 0) is 50.6 Å². The van der Waals surface area contributed by atoms with Crippen molar-refractivity contribution in [3.05, 3.63) is 47.4 Å². The number of hydrogen-bond donors (Lipinski definition) is 3. The van der Waals surface area contributed by atoms with Gasteiger partial charge in [0.05, 0.1) is 11.4 Å². The van der Waals surface area contributed by atoms with Gasteiger partial charge in [0.2, 0.25) is 10.0 Å². The van der Waals surface area contributed by atoms with Gasteiger partial charge >= 0.3 is 0 Å². The quantitative estimate of drug-likeness (QED) is 0.473. The van der Waals surface area contributed by atoms with Gasteiger partial charge in [-0.1, -0.05) is 0 Å². The summed E-state index contributed by atoms with van der Waals surface area (Å²) in [5, 5.41) is 18.4.